The van der Waals surface area contributed by atoms with Crippen molar-refractivity contribution < 1.29 is 23.8 Å². The molecule has 3 aromatic carbocycles. The third kappa shape index (κ3) is 20.3. The number of unbranched alkanes of at least 4 members (excludes halogenated alkanes) is 20. The summed E-state index contributed by atoms with van der Waals surface area (Å²) in [5, 5.41) is 0. The predicted octanol–water partition coefficient (Wildman–Crippen LogP) is 14.2. The number of ketones is 1. The standard InChI is InChI=1S/C48H68O5/c1-3-5-7-9-11-12-13-14-15-16-17-18-19-20-22-24-38-51-44-33-28-41(29-34-44)30-37-47(49)43-26-25-27-46(40-43)53-48(50)42-31-35-45(36-32-42)52-39-23-21-10-8-6-4-2/h25-37,40H,3-24,38-39H2,1-2H3/b37-30+. The van der Waals surface area contributed by atoms with Gasteiger partial charge < -0.3 is 14.2 Å². The van der Waals surface area contributed by atoms with E-state index in [0.717, 1.165) is 36.5 Å². The van der Waals surface area contributed by atoms with E-state index in [9.17, 15) is 9.59 Å². The summed E-state index contributed by atoms with van der Waals surface area (Å²) < 4.78 is 17.4. The largest absolute Gasteiger partial charge is 0.494 e. The fourth-order valence-electron chi connectivity index (χ4n) is 6.42. The van der Waals surface area contributed by atoms with Crippen molar-refractivity contribution in [2.24, 2.45) is 0 Å². The number of hydrogen-bond acceptors (Lipinski definition) is 5. The summed E-state index contributed by atoms with van der Waals surface area (Å²) in [7, 11) is 0. The molecule has 5 heteroatoms. The van der Waals surface area contributed by atoms with Crippen molar-refractivity contribution in [2.75, 3.05) is 13.2 Å². The number of esters is 1. The summed E-state index contributed by atoms with van der Waals surface area (Å²) in [6.07, 6.45) is 32.3. The second-order valence-corrected chi connectivity index (χ2v) is 14.5. The van der Waals surface area contributed by atoms with Gasteiger partial charge in [-0.25, -0.2) is 4.79 Å². The Labute approximate surface area is 321 Å². The summed E-state index contributed by atoms with van der Waals surface area (Å²) >= 11 is 0. The summed E-state index contributed by atoms with van der Waals surface area (Å²) in [5.41, 5.74) is 1.78. The van der Waals surface area contributed by atoms with Crippen LogP contribution in [0.15, 0.2) is 78.9 Å². The first kappa shape index (κ1) is 43.5. The highest BCUT2D eigenvalue weighted by atomic mass is 16.5. The van der Waals surface area contributed by atoms with Crippen molar-refractivity contribution in [3.63, 3.8) is 0 Å². The molecule has 0 spiro atoms. The van der Waals surface area contributed by atoms with Crippen LogP contribution in [-0.2, 0) is 0 Å². The molecule has 0 amide bonds. The maximum absolute atomic E-state index is 12.9. The van der Waals surface area contributed by atoms with Crippen LogP contribution in [0, 0.1) is 0 Å². The van der Waals surface area contributed by atoms with Crippen LogP contribution in [0.1, 0.15) is 181 Å². The van der Waals surface area contributed by atoms with Crippen molar-refractivity contribution in [2.45, 2.75) is 155 Å². The van der Waals surface area contributed by atoms with Gasteiger partial charge >= 0.3 is 5.97 Å². The van der Waals surface area contributed by atoms with Crippen LogP contribution in [-0.4, -0.2) is 25.0 Å². The van der Waals surface area contributed by atoms with E-state index >= 15 is 0 Å². The minimum atomic E-state index is -0.482. The van der Waals surface area contributed by atoms with E-state index in [1.165, 1.54) is 134 Å². The zero-order valence-corrected chi connectivity index (χ0v) is 33.1. The maximum atomic E-state index is 12.9. The van der Waals surface area contributed by atoms with E-state index in [1.807, 2.05) is 24.3 Å². The maximum Gasteiger partial charge on any atom is 0.343 e. The van der Waals surface area contributed by atoms with Crippen molar-refractivity contribution in [3.8, 4) is 17.2 Å². The Morgan fingerprint density at radius 3 is 1.38 bits per heavy atom. The Morgan fingerprint density at radius 1 is 0.472 bits per heavy atom. The normalized spacial score (nSPS) is 11.2. The van der Waals surface area contributed by atoms with Gasteiger partial charge in [0, 0.05) is 5.56 Å². The molecule has 3 aromatic rings. The third-order valence-electron chi connectivity index (χ3n) is 9.76. The zero-order valence-electron chi connectivity index (χ0n) is 33.1. The van der Waals surface area contributed by atoms with E-state index in [0.29, 0.717) is 23.5 Å². The molecule has 0 aliphatic heterocycles. The molecule has 290 valence electrons. The molecular formula is C48H68O5. The van der Waals surface area contributed by atoms with Crippen LogP contribution in [0.4, 0.5) is 0 Å². The topological polar surface area (TPSA) is 61.8 Å². The molecule has 0 fully saturated rings. The minimum absolute atomic E-state index is 0.168. The van der Waals surface area contributed by atoms with Gasteiger partial charge in [-0.3, -0.25) is 4.79 Å². The Balaban J connectivity index is 1.26. The molecule has 0 radical (unpaired) electrons. The van der Waals surface area contributed by atoms with Gasteiger partial charge in [0.25, 0.3) is 0 Å². The SMILES string of the molecule is CCCCCCCCCCCCCCCCCCOc1ccc(/C=C/C(=O)c2cccc(OC(=O)c3ccc(OCCCCCCCC)cc3)c2)cc1. The number of hydrogen-bond donors (Lipinski definition) is 0. The highest BCUT2D eigenvalue weighted by Crippen LogP contribution is 2.20. The highest BCUT2D eigenvalue weighted by Gasteiger charge is 2.11. The van der Waals surface area contributed by atoms with Gasteiger partial charge in [-0.2, -0.15) is 0 Å². The van der Waals surface area contributed by atoms with Gasteiger partial charge in [-0.15, -0.1) is 0 Å². The monoisotopic (exact) mass is 725 g/mol. The lowest BCUT2D eigenvalue weighted by atomic mass is 10.0. The lowest BCUT2D eigenvalue weighted by molar-refractivity contribution is 0.0733. The molecule has 5 nitrogen and oxygen atoms in total. The molecular weight excluding hydrogens is 657 g/mol. The van der Waals surface area contributed by atoms with Crippen molar-refractivity contribution >= 4 is 17.8 Å². The molecule has 53 heavy (non-hydrogen) atoms. The van der Waals surface area contributed by atoms with Crippen LogP contribution in [0.5, 0.6) is 17.2 Å². The van der Waals surface area contributed by atoms with Gasteiger partial charge in [-0.05, 0) is 73.0 Å². The highest BCUT2D eigenvalue weighted by molar-refractivity contribution is 6.07. The number of benzene rings is 3. The Hall–Kier alpha value is -3.86. The number of carbonyl (C=O) groups excluding carboxylic acids is 2. The first-order chi connectivity index (χ1) is 26.1. The van der Waals surface area contributed by atoms with E-state index in [4.69, 9.17) is 14.2 Å². The van der Waals surface area contributed by atoms with Crippen LogP contribution < -0.4 is 14.2 Å². The lowest BCUT2D eigenvalue weighted by Crippen LogP contribution is -2.09. The smallest absolute Gasteiger partial charge is 0.343 e. The summed E-state index contributed by atoms with van der Waals surface area (Å²) in [6.45, 7) is 5.90. The summed E-state index contributed by atoms with van der Waals surface area (Å²) in [4.78, 5) is 25.7. The molecule has 0 saturated heterocycles. The van der Waals surface area contributed by atoms with Crippen LogP contribution in [0.25, 0.3) is 6.08 Å². The zero-order chi connectivity index (χ0) is 37.6. The number of ether oxygens (including phenoxy) is 3. The molecule has 0 bridgehead atoms. The molecule has 0 N–H and O–H groups in total. The second kappa shape index (κ2) is 28.6. The fraction of sp³-hybridized carbons (Fsp3) is 0.542. The first-order valence-corrected chi connectivity index (χ1v) is 21.1. The number of rotatable bonds is 31. The molecule has 3 rings (SSSR count). The minimum Gasteiger partial charge on any atom is -0.494 e. The van der Waals surface area contributed by atoms with Crippen LogP contribution in [0.2, 0.25) is 0 Å². The van der Waals surface area contributed by atoms with Gasteiger partial charge in [0.05, 0.1) is 18.8 Å². The van der Waals surface area contributed by atoms with E-state index < -0.39 is 5.97 Å². The first-order valence-electron chi connectivity index (χ1n) is 21.1. The van der Waals surface area contributed by atoms with Crippen LogP contribution in [0.3, 0.4) is 0 Å². The summed E-state index contributed by atoms with van der Waals surface area (Å²) in [6, 6.07) is 21.5. The Bertz CT molecular complexity index is 1410. The van der Waals surface area contributed by atoms with Crippen molar-refractivity contribution in [1.82, 2.24) is 0 Å². The van der Waals surface area contributed by atoms with E-state index in [1.54, 1.807) is 54.6 Å². The lowest BCUT2D eigenvalue weighted by Gasteiger charge is -2.08. The average Bonchev–Trinajstić information content (AvgIpc) is 3.18. The Kier molecular flexibility index (Phi) is 23.5. The van der Waals surface area contributed by atoms with E-state index in [-0.39, 0.29) is 5.78 Å². The van der Waals surface area contributed by atoms with Crippen molar-refractivity contribution in [1.29, 1.82) is 0 Å². The number of allylic oxidation sites excluding steroid dienone is 1. The van der Waals surface area contributed by atoms with Crippen molar-refractivity contribution in [3.05, 3.63) is 95.6 Å². The third-order valence-corrected chi connectivity index (χ3v) is 9.76. The van der Waals surface area contributed by atoms with Gasteiger partial charge in [0.2, 0.25) is 0 Å². The fourth-order valence-corrected chi connectivity index (χ4v) is 6.42. The quantitative estimate of drug-likeness (QED) is 0.0217. The van der Waals surface area contributed by atoms with E-state index in [2.05, 4.69) is 13.8 Å². The molecule has 0 unspecified atom stereocenters. The average molecular weight is 725 g/mol. The Morgan fingerprint density at radius 2 is 0.906 bits per heavy atom. The molecule has 0 aromatic heterocycles. The van der Waals surface area contributed by atoms with Gasteiger partial charge in [0.15, 0.2) is 5.78 Å². The predicted molar refractivity (Wildman–Crippen MR) is 222 cm³/mol. The second-order valence-electron chi connectivity index (χ2n) is 14.5. The molecule has 0 aliphatic carbocycles. The molecule has 0 heterocycles. The molecule has 0 atom stereocenters. The van der Waals surface area contributed by atoms with Gasteiger partial charge in [-0.1, -0.05) is 173 Å². The van der Waals surface area contributed by atoms with Crippen LogP contribution >= 0.6 is 0 Å². The summed E-state index contributed by atoms with van der Waals surface area (Å²) in [5.74, 6) is 1.26. The molecule has 0 aliphatic rings. The van der Waals surface area contributed by atoms with Gasteiger partial charge in [0.1, 0.15) is 17.2 Å². The molecule has 0 saturated carbocycles. The number of carbonyl (C=O) groups is 2.